The number of nitrogens with zero attached hydrogens (tertiary/aromatic N) is 6. The summed E-state index contributed by atoms with van der Waals surface area (Å²) in [5.41, 5.74) is 23.6. The maximum atomic E-state index is 5.64. The van der Waals surface area contributed by atoms with Gasteiger partial charge in [0.2, 0.25) is 0 Å². The Morgan fingerprint density at radius 1 is 0.210 bits per heavy atom. The van der Waals surface area contributed by atoms with Gasteiger partial charge in [-0.2, -0.15) is 0 Å². The highest BCUT2D eigenvalue weighted by atomic mass is 14.9. The van der Waals surface area contributed by atoms with Crippen molar-refractivity contribution < 1.29 is 0 Å². The van der Waals surface area contributed by atoms with E-state index in [0.717, 1.165) is 67.5 Å². The molecule has 0 saturated carbocycles. The molecule has 0 aliphatic heterocycles. The maximum absolute atomic E-state index is 5.64. The van der Waals surface area contributed by atoms with Crippen molar-refractivity contribution in [3.05, 3.63) is 178 Å². The smallest absolute Gasteiger partial charge is 0.120 e. The van der Waals surface area contributed by atoms with Crippen molar-refractivity contribution >= 4 is 33.1 Å². The van der Waals surface area contributed by atoms with Gasteiger partial charge >= 0.3 is 0 Å². The van der Waals surface area contributed by atoms with Crippen LogP contribution in [0.5, 0.6) is 0 Å². The van der Waals surface area contributed by atoms with Crippen molar-refractivity contribution in [3.8, 4) is 67.5 Å². The molecule has 0 N–H and O–H groups in total. The van der Waals surface area contributed by atoms with Crippen LogP contribution in [0.4, 0.5) is 0 Å². The van der Waals surface area contributed by atoms with Crippen LogP contribution < -0.4 is 0 Å². The molecule has 0 amide bonds. The topological polar surface area (TPSA) is 77.3 Å². The molecule has 10 aromatic rings. The first-order chi connectivity index (χ1) is 30.0. The molecule has 0 unspecified atom stereocenters. The molecule has 0 atom stereocenters. The summed E-state index contributed by atoms with van der Waals surface area (Å²) in [6, 6.07) is 47.0. The van der Waals surface area contributed by atoms with E-state index in [4.69, 9.17) is 29.9 Å². The quantitative estimate of drug-likeness (QED) is 0.156. The Balaban J connectivity index is 1.42. The van der Waals surface area contributed by atoms with Gasteiger partial charge in [0.25, 0.3) is 0 Å². The Morgan fingerprint density at radius 3 is 0.613 bits per heavy atom. The zero-order chi connectivity index (χ0) is 42.8. The normalized spacial score (nSPS) is 11.5. The van der Waals surface area contributed by atoms with E-state index in [9.17, 15) is 0 Å². The lowest BCUT2D eigenvalue weighted by atomic mass is 9.98. The summed E-state index contributed by atoms with van der Waals surface area (Å²) in [6.45, 7) is 17.0. The van der Waals surface area contributed by atoms with Crippen LogP contribution in [-0.4, -0.2) is 29.9 Å². The first kappa shape index (κ1) is 38.7. The van der Waals surface area contributed by atoms with E-state index < -0.39 is 0 Å². The van der Waals surface area contributed by atoms with Gasteiger partial charge in [0.05, 0.1) is 34.2 Å². The average Bonchev–Trinajstić information content (AvgIpc) is 3.28. The van der Waals surface area contributed by atoms with Gasteiger partial charge in [-0.3, -0.25) is 0 Å². The van der Waals surface area contributed by atoms with Crippen molar-refractivity contribution in [2.75, 3.05) is 0 Å². The lowest BCUT2D eigenvalue weighted by Crippen LogP contribution is -2.05. The number of rotatable bonds is 6. The Kier molecular flexibility index (Phi) is 9.52. The molecule has 0 fully saturated rings. The molecule has 0 saturated heterocycles. The van der Waals surface area contributed by atoms with Gasteiger partial charge in [-0.15, -0.1) is 0 Å². The fraction of sp³-hybridized carbons (Fsp3) is 0.143. The fourth-order valence-corrected chi connectivity index (χ4v) is 8.13. The molecular formula is C56H46N6. The van der Waals surface area contributed by atoms with Gasteiger partial charge in [0.15, 0.2) is 0 Å². The third-order valence-corrected chi connectivity index (χ3v) is 12.2. The summed E-state index contributed by atoms with van der Waals surface area (Å²) in [4.78, 5) is 33.8. The minimum Gasteiger partial charge on any atom is -0.241 e. The van der Waals surface area contributed by atoms with E-state index in [1.54, 1.807) is 0 Å². The standard InChI is InChI=1S/C56H46N6/c1-31-9-19-39(20-10-31)45-46(40-21-11-32(2)12-22-40)58-52-51(57-45)55-53(59-47(41-23-13-33(3)14-24-41)49(61-55)43-27-17-35(5)37(7)29-43)54-56(52)62-50(44-28-18-36(6)38(8)30-44)48(60-54)42-25-15-34(4)16-26-42/h9-30H,1-8H3. The molecule has 0 aliphatic carbocycles. The monoisotopic (exact) mass is 802 g/mol. The molecule has 0 spiro atoms. The van der Waals surface area contributed by atoms with Gasteiger partial charge in [-0.05, 0) is 89.8 Å². The summed E-state index contributed by atoms with van der Waals surface area (Å²) >= 11 is 0. The minimum atomic E-state index is 0.621. The fourth-order valence-electron chi connectivity index (χ4n) is 8.13. The van der Waals surface area contributed by atoms with Crippen LogP contribution in [0.15, 0.2) is 133 Å². The lowest BCUT2D eigenvalue weighted by Gasteiger charge is -2.18. The molecule has 6 nitrogen and oxygen atoms in total. The van der Waals surface area contributed by atoms with E-state index in [1.807, 2.05) is 0 Å². The zero-order valence-corrected chi connectivity index (χ0v) is 36.4. The van der Waals surface area contributed by atoms with Gasteiger partial charge in [0, 0.05) is 33.4 Å². The van der Waals surface area contributed by atoms with Crippen molar-refractivity contribution in [3.63, 3.8) is 0 Å². The Hall–Kier alpha value is -7.44. The van der Waals surface area contributed by atoms with Crippen molar-refractivity contribution in [1.82, 2.24) is 29.9 Å². The molecule has 62 heavy (non-hydrogen) atoms. The third kappa shape index (κ3) is 6.88. The van der Waals surface area contributed by atoms with Crippen LogP contribution in [0.1, 0.15) is 44.5 Å². The lowest BCUT2D eigenvalue weighted by molar-refractivity contribution is 1.23. The second-order valence-corrected chi connectivity index (χ2v) is 16.9. The van der Waals surface area contributed by atoms with Crippen LogP contribution in [0.25, 0.3) is 101 Å². The molecule has 0 bridgehead atoms. The number of fused-ring (bicyclic) bond motifs is 6. The van der Waals surface area contributed by atoms with Crippen molar-refractivity contribution in [1.29, 1.82) is 0 Å². The zero-order valence-electron chi connectivity index (χ0n) is 36.4. The number of hydrogen-bond donors (Lipinski definition) is 0. The number of aryl methyl sites for hydroxylation is 8. The highest BCUT2D eigenvalue weighted by molar-refractivity contribution is 6.20. The highest BCUT2D eigenvalue weighted by Gasteiger charge is 2.26. The number of hydrogen-bond acceptors (Lipinski definition) is 6. The van der Waals surface area contributed by atoms with Crippen LogP contribution in [0, 0.1) is 55.4 Å². The molecule has 0 aliphatic rings. The largest absolute Gasteiger partial charge is 0.241 e. The maximum Gasteiger partial charge on any atom is 0.120 e. The molecule has 300 valence electrons. The van der Waals surface area contributed by atoms with Crippen molar-refractivity contribution in [2.24, 2.45) is 0 Å². The van der Waals surface area contributed by atoms with Gasteiger partial charge in [-0.1, -0.05) is 144 Å². The molecule has 10 rings (SSSR count). The molecule has 7 aromatic carbocycles. The molecule has 6 heteroatoms. The average molecular weight is 803 g/mol. The number of benzene rings is 7. The van der Waals surface area contributed by atoms with Crippen LogP contribution in [-0.2, 0) is 0 Å². The van der Waals surface area contributed by atoms with Gasteiger partial charge < -0.3 is 0 Å². The van der Waals surface area contributed by atoms with Gasteiger partial charge in [-0.25, -0.2) is 29.9 Å². The molecule has 3 aromatic heterocycles. The summed E-state index contributed by atoms with van der Waals surface area (Å²) in [5.74, 6) is 0. The van der Waals surface area contributed by atoms with E-state index >= 15 is 0 Å². The van der Waals surface area contributed by atoms with E-state index in [1.165, 1.54) is 44.5 Å². The Morgan fingerprint density at radius 2 is 0.403 bits per heavy atom. The summed E-state index contributed by atoms with van der Waals surface area (Å²) in [5, 5.41) is 0. The Bertz CT molecular complexity index is 3140. The number of aromatic nitrogens is 6. The summed E-state index contributed by atoms with van der Waals surface area (Å²) in [6.07, 6.45) is 0. The van der Waals surface area contributed by atoms with Gasteiger partial charge in [0.1, 0.15) is 33.1 Å². The van der Waals surface area contributed by atoms with Crippen LogP contribution in [0.2, 0.25) is 0 Å². The van der Waals surface area contributed by atoms with E-state index in [2.05, 4.69) is 189 Å². The second-order valence-electron chi connectivity index (χ2n) is 16.9. The van der Waals surface area contributed by atoms with Crippen molar-refractivity contribution in [2.45, 2.75) is 55.4 Å². The predicted octanol–water partition coefficient (Wildman–Crippen LogP) is 14.0. The third-order valence-electron chi connectivity index (χ3n) is 12.2. The van der Waals surface area contributed by atoms with E-state index in [-0.39, 0.29) is 0 Å². The first-order valence-electron chi connectivity index (χ1n) is 21.2. The minimum absolute atomic E-state index is 0.621. The molecule has 3 heterocycles. The summed E-state index contributed by atoms with van der Waals surface area (Å²) < 4.78 is 0. The van der Waals surface area contributed by atoms with E-state index in [0.29, 0.717) is 33.1 Å². The van der Waals surface area contributed by atoms with Crippen LogP contribution in [0.3, 0.4) is 0 Å². The summed E-state index contributed by atoms with van der Waals surface area (Å²) in [7, 11) is 0. The Labute approximate surface area is 362 Å². The van der Waals surface area contributed by atoms with Crippen LogP contribution >= 0.6 is 0 Å². The predicted molar refractivity (Wildman–Crippen MR) is 256 cm³/mol. The molecular weight excluding hydrogens is 757 g/mol. The SMILES string of the molecule is Cc1ccc(-c2nc3c(nc2-c2ccc(C)cc2)c2nc(-c4ccc(C)c(C)c4)c(-c4ccc(C)cc4)nc2c2nc(-c4ccc(C)cc4)c(-c4ccc(C)c(C)c4)nc32)cc1. The highest BCUT2D eigenvalue weighted by Crippen LogP contribution is 2.42. The first-order valence-corrected chi connectivity index (χ1v) is 21.2. The molecule has 0 radical (unpaired) electrons. The second kappa shape index (κ2) is 15.2.